The van der Waals surface area contributed by atoms with Crippen molar-refractivity contribution in [3.63, 3.8) is 0 Å². The van der Waals surface area contributed by atoms with E-state index in [1.54, 1.807) is 0 Å². The monoisotopic (exact) mass is 445 g/mol. The van der Waals surface area contributed by atoms with Crippen molar-refractivity contribution in [1.82, 2.24) is 15.5 Å². The standard InChI is InChI=1S/C17H27N5O9/c18-8(3-4-12(19)24)16(29)22-5-1-2-11(22)15(28)21-10(7-23)14(27)20-9(17(30)31)6-13(25)26/h8-11,23H,1-7,18H2,(H2,19,24)(H,20,27)(H,21,28)(H,25,26)(H,30,31). The maximum Gasteiger partial charge on any atom is 0.326 e. The third-order valence-electron chi connectivity index (χ3n) is 4.67. The van der Waals surface area contributed by atoms with Crippen molar-refractivity contribution in [3.05, 3.63) is 0 Å². The van der Waals surface area contributed by atoms with E-state index in [0.29, 0.717) is 6.42 Å². The first-order valence-electron chi connectivity index (χ1n) is 9.48. The van der Waals surface area contributed by atoms with Crippen LogP contribution < -0.4 is 22.1 Å². The highest BCUT2D eigenvalue weighted by Crippen LogP contribution is 2.19. The van der Waals surface area contributed by atoms with E-state index in [0.717, 1.165) is 0 Å². The molecule has 4 atom stereocenters. The SMILES string of the molecule is NC(=O)CCC(N)C(=O)N1CCCC1C(=O)NC(CO)C(=O)NC(CC(=O)O)C(=O)O. The van der Waals surface area contributed by atoms with Crippen molar-refractivity contribution in [2.24, 2.45) is 11.5 Å². The summed E-state index contributed by atoms with van der Waals surface area (Å²) in [6.45, 7) is -0.674. The molecule has 31 heavy (non-hydrogen) atoms. The molecule has 1 fully saturated rings. The minimum absolute atomic E-state index is 0.000824. The predicted molar refractivity (Wildman–Crippen MR) is 102 cm³/mol. The minimum atomic E-state index is -1.76. The lowest BCUT2D eigenvalue weighted by molar-refractivity contribution is -0.147. The van der Waals surface area contributed by atoms with Gasteiger partial charge in [-0.1, -0.05) is 0 Å². The number of carbonyl (C=O) groups is 6. The summed E-state index contributed by atoms with van der Waals surface area (Å²) in [6, 6.07) is -5.36. The van der Waals surface area contributed by atoms with Gasteiger partial charge in [0.2, 0.25) is 23.6 Å². The zero-order valence-electron chi connectivity index (χ0n) is 16.7. The van der Waals surface area contributed by atoms with Crippen LogP contribution in [0.1, 0.15) is 32.1 Å². The Morgan fingerprint density at radius 1 is 1.06 bits per heavy atom. The Labute approximate surface area is 176 Å². The molecule has 14 nitrogen and oxygen atoms in total. The van der Waals surface area contributed by atoms with E-state index in [2.05, 4.69) is 5.32 Å². The molecule has 0 aromatic rings. The van der Waals surface area contributed by atoms with E-state index in [4.69, 9.17) is 21.7 Å². The maximum atomic E-state index is 12.6. The van der Waals surface area contributed by atoms with Crippen molar-refractivity contribution in [3.8, 4) is 0 Å². The average molecular weight is 445 g/mol. The van der Waals surface area contributed by atoms with Crippen molar-refractivity contribution >= 4 is 35.6 Å². The summed E-state index contributed by atoms with van der Waals surface area (Å²) in [6.07, 6.45) is -0.272. The highest BCUT2D eigenvalue weighted by molar-refractivity contribution is 5.95. The molecule has 4 unspecified atom stereocenters. The van der Waals surface area contributed by atoms with Gasteiger partial charge in [-0.05, 0) is 19.3 Å². The third-order valence-corrected chi connectivity index (χ3v) is 4.67. The minimum Gasteiger partial charge on any atom is -0.481 e. The van der Waals surface area contributed by atoms with Crippen LogP contribution in [0.4, 0.5) is 0 Å². The lowest BCUT2D eigenvalue weighted by Crippen LogP contribution is -2.57. The second-order valence-corrected chi connectivity index (χ2v) is 7.04. The smallest absolute Gasteiger partial charge is 0.326 e. The number of aliphatic hydroxyl groups is 1. The summed E-state index contributed by atoms with van der Waals surface area (Å²) in [5, 5.41) is 31.3. The quantitative estimate of drug-likeness (QED) is 0.154. The van der Waals surface area contributed by atoms with Gasteiger partial charge in [-0.3, -0.25) is 24.0 Å². The molecule has 1 aliphatic heterocycles. The van der Waals surface area contributed by atoms with E-state index in [1.807, 2.05) is 5.32 Å². The molecule has 1 heterocycles. The van der Waals surface area contributed by atoms with Crippen LogP contribution in [0.2, 0.25) is 0 Å². The molecule has 0 spiro atoms. The van der Waals surface area contributed by atoms with Crippen LogP contribution in [0.5, 0.6) is 0 Å². The zero-order valence-corrected chi connectivity index (χ0v) is 16.7. The van der Waals surface area contributed by atoms with Crippen LogP contribution in [0.3, 0.4) is 0 Å². The summed E-state index contributed by atoms with van der Waals surface area (Å²) in [5.41, 5.74) is 10.8. The van der Waals surface area contributed by atoms with Crippen molar-refractivity contribution in [2.45, 2.75) is 56.3 Å². The highest BCUT2D eigenvalue weighted by Gasteiger charge is 2.38. The Hall–Kier alpha value is -3.26. The number of hydrogen-bond donors (Lipinski definition) is 7. The number of aliphatic hydroxyl groups excluding tert-OH is 1. The Bertz CT molecular complexity index is 729. The maximum absolute atomic E-state index is 12.6. The Morgan fingerprint density at radius 2 is 1.71 bits per heavy atom. The molecule has 9 N–H and O–H groups in total. The lowest BCUT2D eigenvalue weighted by atomic mass is 10.1. The number of amides is 4. The molecule has 0 aromatic carbocycles. The number of aliphatic carboxylic acids is 2. The van der Waals surface area contributed by atoms with Crippen molar-refractivity contribution in [1.29, 1.82) is 0 Å². The first kappa shape index (κ1) is 25.8. The molecule has 0 saturated carbocycles. The fraction of sp³-hybridized carbons (Fsp3) is 0.647. The molecular formula is C17H27N5O9. The summed E-state index contributed by atoms with van der Waals surface area (Å²) in [4.78, 5) is 71.2. The molecule has 4 amide bonds. The van der Waals surface area contributed by atoms with Crippen LogP contribution in [0, 0.1) is 0 Å². The van der Waals surface area contributed by atoms with Gasteiger partial charge in [0.05, 0.1) is 19.1 Å². The molecule has 0 aliphatic carbocycles. The molecule has 1 aliphatic rings. The summed E-state index contributed by atoms with van der Waals surface area (Å²) in [5.74, 6) is -6.14. The van der Waals surface area contributed by atoms with Crippen LogP contribution >= 0.6 is 0 Å². The predicted octanol–water partition coefficient (Wildman–Crippen LogP) is -3.91. The average Bonchev–Trinajstić information content (AvgIpc) is 3.18. The number of carboxylic acids is 2. The van der Waals surface area contributed by atoms with Crippen LogP contribution in [0.15, 0.2) is 0 Å². The van der Waals surface area contributed by atoms with Gasteiger partial charge in [-0.2, -0.15) is 0 Å². The Kier molecular flexibility index (Phi) is 9.82. The third kappa shape index (κ3) is 7.82. The molecule has 0 aromatic heterocycles. The molecular weight excluding hydrogens is 418 g/mol. The van der Waals surface area contributed by atoms with Gasteiger partial charge in [0.15, 0.2) is 0 Å². The molecule has 0 radical (unpaired) electrons. The topological polar surface area (TPSA) is 242 Å². The van der Waals surface area contributed by atoms with Gasteiger partial charge in [-0.25, -0.2) is 4.79 Å². The molecule has 14 heteroatoms. The van der Waals surface area contributed by atoms with Gasteiger partial charge in [-0.15, -0.1) is 0 Å². The number of likely N-dealkylation sites (tertiary alicyclic amines) is 1. The molecule has 1 rings (SSSR count). The van der Waals surface area contributed by atoms with Crippen molar-refractivity contribution < 1.29 is 44.1 Å². The van der Waals surface area contributed by atoms with Gasteiger partial charge in [0, 0.05) is 13.0 Å². The Morgan fingerprint density at radius 3 is 2.23 bits per heavy atom. The van der Waals surface area contributed by atoms with Crippen LogP contribution in [0.25, 0.3) is 0 Å². The molecule has 174 valence electrons. The van der Waals surface area contributed by atoms with Gasteiger partial charge in [0.25, 0.3) is 0 Å². The number of carboxylic acid groups (broad SMARTS) is 2. The second kappa shape index (κ2) is 11.8. The van der Waals surface area contributed by atoms with E-state index >= 15 is 0 Å². The van der Waals surface area contributed by atoms with E-state index in [1.165, 1.54) is 4.90 Å². The largest absolute Gasteiger partial charge is 0.481 e. The zero-order chi connectivity index (χ0) is 23.7. The van der Waals surface area contributed by atoms with Gasteiger partial charge in [0.1, 0.15) is 18.1 Å². The summed E-state index contributed by atoms with van der Waals surface area (Å²) in [7, 11) is 0. The second-order valence-electron chi connectivity index (χ2n) is 7.04. The normalized spacial score (nSPS) is 18.5. The number of hydrogen-bond acceptors (Lipinski definition) is 8. The molecule has 1 saturated heterocycles. The summed E-state index contributed by atoms with van der Waals surface area (Å²) < 4.78 is 0. The summed E-state index contributed by atoms with van der Waals surface area (Å²) >= 11 is 0. The fourth-order valence-electron chi connectivity index (χ4n) is 3.05. The first-order valence-corrected chi connectivity index (χ1v) is 9.48. The van der Waals surface area contributed by atoms with E-state index in [9.17, 15) is 33.9 Å². The molecule has 0 bridgehead atoms. The Balaban J connectivity index is 2.78. The number of rotatable bonds is 12. The number of nitrogens with one attached hydrogen (secondary N) is 2. The fourth-order valence-corrected chi connectivity index (χ4v) is 3.05. The van der Waals surface area contributed by atoms with E-state index < -0.39 is 72.8 Å². The lowest BCUT2D eigenvalue weighted by Gasteiger charge is -2.28. The highest BCUT2D eigenvalue weighted by atomic mass is 16.4. The number of primary amides is 1. The van der Waals surface area contributed by atoms with Crippen LogP contribution in [-0.2, 0) is 28.8 Å². The number of nitrogens with zero attached hydrogens (tertiary/aromatic N) is 1. The van der Waals surface area contributed by atoms with Crippen molar-refractivity contribution in [2.75, 3.05) is 13.2 Å². The first-order chi connectivity index (χ1) is 14.5. The number of carbonyl (C=O) groups excluding carboxylic acids is 4. The van der Waals surface area contributed by atoms with Gasteiger partial charge < -0.3 is 42.3 Å². The van der Waals surface area contributed by atoms with Crippen LogP contribution in [-0.4, -0.2) is 93.1 Å². The van der Waals surface area contributed by atoms with E-state index in [-0.39, 0.29) is 25.8 Å². The number of nitrogens with two attached hydrogens (primary N) is 2. The van der Waals surface area contributed by atoms with Gasteiger partial charge >= 0.3 is 11.9 Å².